The number of rotatable bonds is 57. The van der Waals surface area contributed by atoms with E-state index in [4.69, 9.17) is 42.2 Å². The number of hydrogen-bond acceptors (Lipinski definition) is 23. The lowest BCUT2D eigenvalue weighted by Crippen LogP contribution is -2.69. The second-order valence-electron chi connectivity index (χ2n) is 26.7. The summed E-state index contributed by atoms with van der Waals surface area (Å²) >= 11 is 0. The van der Waals surface area contributed by atoms with Gasteiger partial charge in [0.25, 0.3) is 0 Å². The van der Waals surface area contributed by atoms with E-state index in [1.54, 1.807) is 6.08 Å². The largest absolute Gasteiger partial charge is 0.472 e. The second-order valence-corrected chi connectivity index (χ2v) is 28.1. The Morgan fingerprint density at radius 1 is 0.423 bits per heavy atom. The van der Waals surface area contributed by atoms with Crippen LogP contribution in [-0.2, 0) is 61.2 Å². The normalized spacial score (nSPS) is 28.0. The van der Waals surface area contributed by atoms with Crippen molar-refractivity contribution < 1.29 is 117 Å². The van der Waals surface area contributed by atoms with E-state index in [9.17, 15) is 74.9 Å². The van der Waals surface area contributed by atoms with Gasteiger partial charge >= 0.3 is 25.7 Å². The molecule has 3 fully saturated rings. The number of esters is 3. The third-order valence-corrected chi connectivity index (χ3v) is 19.2. The molecule has 18 atom stereocenters. The van der Waals surface area contributed by atoms with Crippen LogP contribution in [0.1, 0.15) is 271 Å². The number of unbranched alkanes of at least 4 members (excludes halogenated alkanes) is 33. The number of carbonyl (C=O) groups excluding carboxylic acids is 3. The molecule has 18 unspecified atom stereocenters. The number of carbonyl (C=O) groups is 3. The van der Waals surface area contributed by atoms with Gasteiger partial charge in [-0.3, -0.25) is 18.6 Å². The Bertz CT molecular complexity index is 2150. The third kappa shape index (κ3) is 37.3. The Kier molecular flexibility index (Phi) is 49.1. The van der Waals surface area contributed by atoms with Crippen molar-refractivity contribution in [2.75, 3.05) is 26.4 Å². The van der Waals surface area contributed by atoms with Crippen molar-refractivity contribution in [2.45, 2.75) is 375 Å². The van der Waals surface area contributed by atoms with Gasteiger partial charge in [0.1, 0.15) is 98.7 Å². The fourth-order valence-electron chi connectivity index (χ4n) is 12.1. The van der Waals surface area contributed by atoms with Crippen LogP contribution in [0.15, 0.2) is 36.5 Å². The summed E-state index contributed by atoms with van der Waals surface area (Å²) in [5, 5.41) is 110. The molecule has 2 saturated heterocycles. The van der Waals surface area contributed by atoms with Gasteiger partial charge in [0.05, 0.1) is 13.2 Å². The van der Waals surface area contributed by atoms with Gasteiger partial charge < -0.3 is 89.1 Å². The maximum atomic E-state index is 14.3. The Hall–Kier alpha value is -2.82. The molecule has 2 aliphatic heterocycles. The monoisotopic (exact) mass is 1410 g/mol. The minimum atomic E-state index is -5.71. The minimum absolute atomic E-state index is 0.0417. The molecule has 2 heterocycles. The first kappa shape index (κ1) is 88.4. The highest BCUT2D eigenvalue weighted by Gasteiger charge is 2.58. The van der Waals surface area contributed by atoms with E-state index in [0.29, 0.717) is 19.3 Å². The molecule has 97 heavy (non-hydrogen) atoms. The lowest BCUT2D eigenvalue weighted by molar-refractivity contribution is -0.360. The number of allylic oxidation sites excluding steroid dienone is 5. The van der Waals surface area contributed by atoms with E-state index in [2.05, 4.69) is 32.9 Å². The van der Waals surface area contributed by atoms with Gasteiger partial charge in [-0.25, -0.2) is 9.36 Å². The van der Waals surface area contributed by atoms with E-state index < -0.39 is 156 Å². The average Bonchev–Trinajstić information content (AvgIpc) is 0.764. The van der Waals surface area contributed by atoms with Crippen LogP contribution in [-0.4, -0.2) is 204 Å². The molecule has 0 aromatic heterocycles. The van der Waals surface area contributed by atoms with E-state index >= 15 is 0 Å². The Labute approximate surface area is 578 Å². The molecule has 0 aromatic carbocycles. The zero-order valence-electron chi connectivity index (χ0n) is 58.9. The van der Waals surface area contributed by atoms with E-state index in [0.717, 1.165) is 89.5 Å². The van der Waals surface area contributed by atoms with Crippen molar-refractivity contribution >= 4 is 25.7 Å². The van der Waals surface area contributed by atoms with Crippen molar-refractivity contribution in [1.29, 1.82) is 0 Å². The summed E-state index contributed by atoms with van der Waals surface area (Å²) in [4.78, 5) is 50.8. The van der Waals surface area contributed by atoms with Gasteiger partial charge in [0.2, 0.25) is 0 Å². The number of hydrogen-bond donors (Lipinski definition) is 11. The molecule has 25 heteroatoms. The van der Waals surface area contributed by atoms with Crippen LogP contribution in [0, 0.1) is 0 Å². The smallest absolute Gasteiger partial charge is 0.462 e. The number of aliphatic hydroxyl groups is 10. The first-order valence-corrected chi connectivity index (χ1v) is 38.8. The molecule has 0 spiro atoms. The summed E-state index contributed by atoms with van der Waals surface area (Å²) in [7, 11) is -5.71. The van der Waals surface area contributed by atoms with Gasteiger partial charge in [-0.1, -0.05) is 237 Å². The molecule has 566 valence electrons. The molecule has 0 bridgehead atoms. The van der Waals surface area contributed by atoms with Crippen LogP contribution in [0.2, 0.25) is 0 Å². The van der Waals surface area contributed by atoms with E-state index in [1.165, 1.54) is 141 Å². The van der Waals surface area contributed by atoms with Gasteiger partial charge in [-0.2, -0.15) is 0 Å². The SMILES string of the molecule is CCCCCCCC/C=C\CCCCCC(=O)OC(COC(=O)CCCCCCCCCCCCCCCC)COP(=O)(O)OC1C(OC2OC(CO)C(O)C(O)C2O)C(O)C(O)C(O)C1OC1OC(COC(=O)/C=C/C=C/CCCCCCCCCCCCC)C(O)C(O)C1O. The van der Waals surface area contributed by atoms with Gasteiger partial charge in [-0.05, 0) is 51.4 Å². The maximum absolute atomic E-state index is 14.3. The van der Waals surface area contributed by atoms with Crippen molar-refractivity contribution in [3.63, 3.8) is 0 Å². The van der Waals surface area contributed by atoms with E-state index in [1.807, 2.05) is 6.08 Å². The highest BCUT2D eigenvalue weighted by atomic mass is 31.2. The Balaban J connectivity index is 1.76. The molecular formula is C72H129O24P. The zero-order chi connectivity index (χ0) is 71.1. The highest BCUT2D eigenvalue weighted by molar-refractivity contribution is 7.47. The van der Waals surface area contributed by atoms with Crippen LogP contribution >= 0.6 is 7.82 Å². The minimum Gasteiger partial charge on any atom is -0.462 e. The first-order chi connectivity index (χ1) is 46.8. The lowest BCUT2D eigenvalue weighted by atomic mass is 9.84. The number of aliphatic hydroxyl groups excluding tert-OH is 10. The quantitative estimate of drug-likeness (QED) is 0.00513. The van der Waals surface area contributed by atoms with Crippen LogP contribution in [0.25, 0.3) is 0 Å². The molecule has 0 radical (unpaired) electrons. The fraction of sp³-hybridized carbons (Fsp3) is 0.875. The van der Waals surface area contributed by atoms with Crippen molar-refractivity contribution in [3.8, 4) is 0 Å². The standard InChI is InChI=1S/C72H129O24P/c1-4-7-10-13-16-19-22-25-27-30-32-35-38-41-44-47-57(75)89-52-55-60(78)62(80)67(85)72(93-55)95-69-65(83)63(81)64(82)68(94-71-66(84)61(79)59(77)54(49-73)92-71)70(69)96-97(86,87)90-51-53(91-58(76)48-45-42-39-36-33-28-24-21-18-15-12-9-6-3)50-88-56(74)46-43-40-37-34-31-29-26-23-20-17-14-11-8-5-2/h28,33,38,41,44,47,53-55,59-73,77-85H,4-27,29-32,34-37,39-40,42-43,45-46,48-52H2,1-3H3,(H,86,87)/b33-28-,41-38+,47-44+. The number of phosphoric acid groups is 1. The highest BCUT2D eigenvalue weighted by Crippen LogP contribution is 2.49. The zero-order valence-corrected chi connectivity index (χ0v) is 59.8. The van der Waals surface area contributed by atoms with Gasteiger partial charge in [-0.15, -0.1) is 0 Å². The Morgan fingerprint density at radius 3 is 1.26 bits per heavy atom. The van der Waals surface area contributed by atoms with Crippen molar-refractivity contribution in [1.82, 2.24) is 0 Å². The molecule has 24 nitrogen and oxygen atoms in total. The van der Waals surface area contributed by atoms with E-state index in [-0.39, 0.29) is 12.8 Å². The van der Waals surface area contributed by atoms with Crippen molar-refractivity contribution in [2.24, 2.45) is 0 Å². The van der Waals surface area contributed by atoms with Crippen LogP contribution < -0.4 is 0 Å². The summed E-state index contributed by atoms with van der Waals surface area (Å²) in [6.45, 7) is 3.33. The average molecular weight is 1410 g/mol. The predicted molar refractivity (Wildman–Crippen MR) is 365 cm³/mol. The summed E-state index contributed by atoms with van der Waals surface area (Å²) in [5.74, 6) is -2.24. The van der Waals surface area contributed by atoms with Crippen LogP contribution in [0.5, 0.6) is 0 Å². The van der Waals surface area contributed by atoms with Crippen molar-refractivity contribution in [3.05, 3.63) is 36.5 Å². The second kappa shape index (κ2) is 53.9. The number of ether oxygens (including phenoxy) is 7. The molecule has 3 rings (SSSR count). The van der Waals surface area contributed by atoms with Crippen LogP contribution in [0.3, 0.4) is 0 Å². The molecule has 1 aliphatic carbocycles. The molecule has 0 aromatic rings. The molecule has 0 amide bonds. The molecule has 1 saturated carbocycles. The molecular weight excluding hydrogens is 1280 g/mol. The van der Waals surface area contributed by atoms with Gasteiger partial charge in [0, 0.05) is 18.9 Å². The number of phosphoric ester groups is 1. The summed E-state index contributed by atoms with van der Waals surface area (Å²) < 4.78 is 64.7. The molecule has 11 N–H and O–H groups in total. The maximum Gasteiger partial charge on any atom is 0.472 e. The molecule has 3 aliphatic rings. The topological polar surface area (TPSA) is 374 Å². The lowest BCUT2D eigenvalue weighted by Gasteiger charge is -2.49. The fourth-order valence-corrected chi connectivity index (χ4v) is 13.1. The summed E-state index contributed by atoms with van der Waals surface area (Å²) in [6.07, 6.45) is 15.7. The predicted octanol–water partition coefficient (Wildman–Crippen LogP) is 9.90. The first-order valence-electron chi connectivity index (χ1n) is 37.3. The Morgan fingerprint density at radius 2 is 0.804 bits per heavy atom. The van der Waals surface area contributed by atoms with Crippen LogP contribution in [0.4, 0.5) is 0 Å². The summed E-state index contributed by atoms with van der Waals surface area (Å²) in [5.41, 5.74) is 0. The summed E-state index contributed by atoms with van der Waals surface area (Å²) in [6, 6.07) is 0. The third-order valence-electron chi connectivity index (χ3n) is 18.2. The van der Waals surface area contributed by atoms with Gasteiger partial charge in [0.15, 0.2) is 18.7 Å².